The van der Waals surface area contributed by atoms with Gasteiger partial charge in [0.15, 0.2) is 0 Å². The molecule has 6 nitrogen and oxygen atoms in total. The summed E-state index contributed by atoms with van der Waals surface area (Å²) in [4.78, 5) is 35.4. The lowest BCUT2D eigenvalue weighted by Gasteiger charge is -2.12. The summed E-state index contributed by atoms with van der Waals surface area (Å²) in [7, 11) is 1.45. The van der Waals surface area contributed by atoms with Gasteiger partial charge in [-0.3, -0.25) is 4.79 Å². The third-order valence-corrected chi connectivity index (χ3v) is 3.60. The number of aryl methyl sites for hydroxylation is 1. The molecule has 0 bridgehead atoms. The normalized spacial score (nSPS) is 10.7. The van der Waals surface area contributed by atoms with Gasteiger partial charge < -0.3 is 9.67 Å². The Hall–Kier alpha value is -2.41. The Kier molecular flexibility index (Phi) is 4.18. The molecule has 1 aromatic heterocycles. The first-order chi connectivity index (χ1) is 10.3. The van der Waals surface area contributed by atoms with Crippen molar-refractivity contribution in [3.63, 3.8) is 0 Å². The van der Waals surface area contributed by atoms with Crippen LogP contribution in [0.4, 0.5) is 4.39 Å². The monoisotopic (exact) mass is 326 g/mol. The molecule has 0 amide bonds. The van der Waals surface area contributed by atoms with E-state index in [1.807, 2.05) is 0 Å². The number of carbonyl (C=O) groups is 1. The molecule has 22 heavy (non-hydrogen) atoms. The summed E-state index contributed by atoms with van der Waals surface area (Å²) in [6.45, 7) is 1.77. The van der Waals surface area contributed by atoms with Crippen molar-refractivity contribution >= 4 is 17.6 Å². The summed E-state index contributed by atoms with van der Waals surface area (Å²) in [6.07, 6.45) is 0.450. The van der Waals surface area contributed by atoms with E-state index in [1.165, 1.54) is 17.7 Å². The minimum Gasteiger partial charge on any atom is -0.478 e. The van der Waals surface area contributed by atoms with Gasteiger partial charge in [0.1, 0.15) is 5.82 Å². The fourth-order valence-corrected chi connectivity index (χ4v) is 2.34. The second-order valence-electron chi connectivity index (χ2n) is 4.59. The molecule has 1 aromatic carbocycles. The molecule has 8 heteroatoms. The Morgan fingerprint density at radius 2 is 1.95 bits per heavy atom. The van der Waals surface area contributed by atoms with Gasteiger partial charge in [-0.2, -0.15) is 0 Å². The molecule has 0 atom stereocenters. The average Bonchev–Trinajstić information content (AvgIpc) is 2.44. The maximum atomic E-state index is 14.1. The average molecular weight is 327 g/mol. The summed E-state index contributed by atoms with van der Waals surface area (Å²) >= 11 is 5.65. The van der Waals surface area contributed by atoms with E-state index in [4.69, 9.17) is 16.7 Å². The Morgan fingerprint density at radius 1 is 1.32 bits per heavy atom. The van der Waals surface area contributed by atoms with Crippen LogP contribution in [0, 0.1) is 5.82 Å². The van der Waals surface area contributed by atoms with Crippen molar-refractivity contribution in [2.45, 2.75) is 13.3 Å². The zero-order valence-electron chi connectivity index (χ0n) is 11.8. The van der Waals surface area contributed by atoms with E-state index in [9.17, 15) is 18.8 Å². The van der Waals surface area contributed by atoms with E-state index >= 15 is 0 Å². The van der Waals surface area contributed by atoms with Crippen LogP contribution in [0.1, 0.15) is 23.0 Å². The Balaban J connectivity index is 2.86. The lowest BCUT2D eigenvalue weighted by atomic mass is 10.2. The van der Waals surface area contributed by atoms with Gasteiger partial charge in [-0.05, 0) is 18.6 Å². The number of carboxylic acids is 1. The van der Waals surface area contributed by atoms with E-state index in [-0.39, 0.29) is 5.02 Å². The maximum absolute atomic E-state index is 14.1. The number of halogens is 2. The summed E-state index contributed by atoms with van der Waals surface area (Å²) in [5.74, 6) is -2.35. The molecule has 2 aromatic rings. The molecular formula is C14H12ClFN2O4. The van der Waals surface area contributed by atoms with Crippen LogP contribution in [0.15, 0.2) is 27.8 Å². The molecule has 0 spiro atoms. The molecule has 0 saturated heterocycles. The molecule has 1 N–H and O–H groups in total. The standard InChI is InChI=1S/C14H12ClFN2O4/c1-3-7-4-12(19)18(14(22)17(7)2)11-5-8(13(20)21)9(15)6-10(11)16/h4-6H,3H2,1-2H3,(H,20,21). The van der Waals surface area contributed by atoms with Gasteiger partial charge in [0.2, 0.25) is 0 Å². The molecular weight excluding hydrogens is 315 g/mol. The van der Waals surface area contributed by atoms with Crippen LogP contribution in [0.5, 0.6) is 0 Å². The summed E-state index contributed by atoms with van der Waals surface area (Å²) < 4.78 is 15.9. The van der Waals surface area contributed by atoms with Crippen LogP contribution < -0.4 is 11.2 Å². The zero-order chi connectivity index (χ0) is 16.6. The molecule has 0 fully saturated rings. The lowest BCUT2D eigenvalue weighted by Crippen LogP contribution is -2.39. The minimum absolute atomic E-state index is 0.316. The predicted octanol–water partition coefficient (Wildman–Crippen LogP) is 1.59. The highest BCUT2D eigenvalue weighted by atomic mass is 35.5. The highest BCUT2D eigenvalue weighted by molar-refractivity contribution is 6.33. The number of aromatic carboxylic acids is 1. The number of benzene rings is 1. The number of nitrogens with zero attached hydrogens (tertiary/aromatic N) is 2. The van der Waals surface area contributed by atoms with Crippen molar-refractivity contribution in [3.05, 3.63) is 61.1 Å². The van der Waals surface area contributed by atoms with Gasteiger partial charge in [-0.15, -0.1) is 0 Å². The van der Waals surface area contributed by atoms with Gasteiger partial charge in [0.25, 0.3) is 5.56 Å². The molecule has 0 radical (unpaired) electrons. The van der Waals surface area contributed by atoms with E-state index in [0.29, 0.717) is 16.7 Å². The zero-order valence-corrected chi connectivity index (χ0v) is 12.5. The van der Waals surface area contributed by atoms with Gasteiger partial charge >= 0.3 is 11.7 Å². The highest BCUT2D eigenvalue weighted by Crippen LogP contribution is 2.22. The van der Waals surface area contributed by atoms with Crippen molar-refractivity contribution in [1.29, 1.82) is 0 Å². The van der Waals surface area contributed by atoms with Crippen LogP contribution in [0.25, 0.3) is 5.69 Å². The Morgan fingerprint density at radius 3 is 2.50 bits per heavy atom. The predicted molar refractivity (Wildman–Crippen MR) is 78.6 cm³/mol. The number of rotatable bonds is 3. The largest absolute Gasteiger partial charge is 0.478 e. The minimum atomic E-state index is -1.39. The lowest BCUT2D eigenvalue weighted by molar-refractivity contribution is 0.0697. The molecule has 0 unspecified atom stereocenters. The smallest absolute Gasteiger partial charge is 0.337 e. The SMILES string of the molecule is CCc1cc(=O)n(-c2cc(C(=O)O)c(Cl)cc2F)c(=O)n1C. The number of carboxylic acid groups (broad SMARTS) is 1. The van der Waals surface area contributed by atoms with Crippen LogP contribution in [0.2, 0.25) is 5.02 Å². The third kappa shape index (κ3) is 2.55. The van der Waals surface area contributed by atoms with Crippen LogP contribution in [0.3, 0.4) is 0 Å². The van der Waals surface area contributed by atoms with E-state index in [2.05, 4.69) is 0 Å². The van der Waals surface area contributed by atoms with Crippen LogP contribution >= 0.6 is 11.6 Å². The third-order valence-electron chi connectivity index (χ3n) is 3.29. The van der Waals surface area contributed by atoms with Crippen molar-refractivity contribution in [1.82, 2.24) is 9.13 Å². The summed E-state index contributed by atoms with van der Waals surface area (Å²) in [5, 5.41) is 8.71. The Bertz CT molecular complexity index is 886. The topological polar surface area (TPSA) is 81.3 Å². The van der Waals surface area contributed by atoms with Crippen molar-refractivity contribution < 1.29 is 14.3 Å². The molecule has 0 saturated carbocycles. The Labute approximate surface area is 129 Å². The molecule has 0 aliphatic carbocycles. The molecule has 2 rings (SSSR count). The summed E-state index contributed by atoms with van der Waals surface area (Å²) in [6, 6.07) is 2.84. The van der Waals surface area contributed by atoms with E-state index in [0.717, 1.165) is 12.1 Å². The molecule has 1 heterocycles. The van der Waals surface area contributed by atoms with Gasteiger partial charge in [-0.1, -0.05) is 18.5 Å². The van der Waals surface area contributed by atoms with Gasteiger partial charge in [-0.25, -0.2) is 18.5 Å². The van der Waals surface area contributed by atoms with Crippen LogP contribution in [-0.2, 0) is 13.5 Å². The van der Waals surface area contributed by atoms with Gasteiger partial charge in [0, 0.05) is 18.8 Å². The highest BCUT2D eigenvalue weighted by Gasteiger charge is 2.18. The molecule has 116 valence electrons. The molecule has 0 aliphatic rings. The van der Waals surface area contributed by atoms with Crippen molar-refractivity contribution in [2.24, 2.45) is 7.05 Å². The number of aromatic nitrogens is 2. The quantitative estimate of drug-likeness (QED) is 0.928. The van der Waals surface area contributed by atoms with Crippen molar-refractivity contribution in [2.75, 3.05) is 0 Å². The summed E-state index contributed by atoms with van der Waals surface area (Å²) in [5.41, 5.74) is -1.86. The van der Waals surface area contributed by atoms with E-state index < -0.39 is 34.3 Å². The number of hydrogen-bond donors (Lipinski definition) is 1. The maximum Gasteiger partial charge on any atom is 0.337 e. The van der Waals surface area contributed by atoms with Gasteiger partial charge in [0.05, 0.1) is 16.3 Å². The molecule has 0 aliphatic heterocycles. The van der Waals surface area contributed by atoms with E-state index in [1.54, 1.807) is 6.92 Å². The first-order valence-corrected chi connectivity index (χ1v) is 6.70. The first-order valence-electron chi connectivity index (χ1n) is 6.32. The second kappa shape index (κ2) is 5.76. The fraction of sp³-hybridized carbons (Fsp3) is 0.214. The first kappa shape index (κ1) is 16.0. The van der Waals surface area contributed by atoms with Crippen LogP contribution in [-0.4, -0.2) is 20.2 Å². The number of hydrogen-bond acceptors (Lipinski definition) is 3. The second-order valence-corrected chi connectivity index (χ2v) is 5.00. The van der Waals surface area contributed by atoms with Crippen molar-refractivity contribution in [3.8, 4) is 5.69 Å². The fourth-order valence-electron chi connectivity index (χ4n) is 2.10.